The van der Waals surface area contributed by atoms with Crippen molar-refractivity contribution in [3.63, 3.8) is 0 Å². The molecule has 0 unspecified atom stereocenters. The van der Waals surface area contributed by atoms with Gasteiger partial charge in [-0.2, -0.15) is 0 Å². The summed E-state index contributed by atoms with van der Waals surface area (Å²) in [4.78, 5) is 16.0. The number of thiazole rings is 1. The number of carbonyl (C=O) groups excluding carboxylic acids is 1. The maximum absolute atomic E-state index is 11.7. The number of nitrogens with zero attached hydrogens (tertiary/aromatic N) is 1. The highest BCUT2D eigenvalue weighted by Crippen LogP contribution is 2.36. The summed E-state index contributed by atoms with van der Waals surface area (Å²) in [7, 11) is -2.54. The molecule has 1 aromatic heterocycles. The largest absolute Gasteiger partial charge is 0.495 e. The van der Waals surface area contributed by atoms with Crippen LogP contribution in [0.25, 0.3) is 10.4 Å². The van der Waals surface area contributed by atoms with Crippen LogP contribution >= 0.6 is 11.3 Å². The zero-order valence-corrected chi connectivity index (χ0v) is 13.8. The van der Waals surface area contributed by atoms with Crippen LogP contribution < -0.4 is 15.2 Å². The molecule has 2 rings (SSSR count). The Kier molecular flexibility index (Phi) is 4.50. The van der Waals surface area contributed by atoms with Crippen molar-refractivity contribution < 1.29 is 17.9 Å². The standard InChI is InChI=1S/C13H15N3O4S2/c1-7-12(21-13(15-7)16-8(2)17)9-4-5-10(20-3)11(6-9)22(14,18)19/h4-6H,1-3H3,(H2,14,18,19)(H,15,16,17). The first-order valence-corrected chi connectivity index (χ1v) is 8.55. The third-order valence-electron chi connectivity index (χ3n) is 2.81. The molecule has 1 amide bonds. The van der Waals surface area contributed by atoms with Crippen LogP contribution in [0.3, 0.4) is 0 Å². The summed E-state index contributed by atoms with van der Waals surface area (Å²) in [6, 6.07) is 4.68. The Bertz CT molecular complexity index is 828. The van der Waals surface area contributed by atoms with E-state index in [0.717, 1.165) is 4.88 Å². The Balaban J connectivity index is 2.54. The molecule has 3 N–H and O–H groups in total. The first-order chi connectivity index (χ1) is 10.2. The van der Waals surface area contributed by atoms with Gasteiger partial charge in [0.1, 0.15) is 10.6 Å². The minimum Gasteiger partial charge on any atom is -0.495 e. The monoisotopic (exact) mass is 341 g/mol. The summed E-state index contributed by atoms with van der Waals surface area (Å²) in [5.74, 6) is -0.0456. The molecule has 0 fully saturated rings. The van der Waals surface area contributed by atoms with Crippen LogP contribution in [-0.4, -0.2) is 26.4 Å². The van der Waals surface area contributed by atoms with Gasteiger partial charge in [-0.15, -0.1) is 0 Å². The molecule has 0 aliphatic heterocycles. The summed E-state index contributed by atoms with van der Waals surface area (Å²) < 4.78 is 28.3. The van der Waals surface area contributed by atoms with Gasteiger partial charge in [0.15, 0.2) is 5.13 Å². The van der Waals surface area contributed by atoms with Gasteiger partial charge in [0.25, 0.3) is 0 Å². The van der Waals surface area contributed by atoms with Crippen molar-refractivity contribution in [2.24, 2.45) is 5.14 Å². The average Bonchev–Trinajstić information content (AvgIpc) is 2.77. The maximum Gasteiger partial charge on any atom is 0.241 e. The second-order valence-corrected chi connectivity index (χ2v) is 7.05. The highest BCUT2D eigenvalue weighted by Gasteiger charge is 2.18. The number of hydrogen-bond acceptors (Lipinski definition) is 6. The average molecular weight is 341 g/mol. The highest BCUT2D eigenvalue weighted by atomic mass is 32.2. The molecule has 1 heterocycles. The highest BCUT2D eigenvalue weighted by molar-refractivity contribution is 7.89. The Morgan fingerprint density at radius 2 is 2.09 bits per heavy atom. The van der Waals surface area contributed by atoms with Crippen LogP contribution in [0.15, 0.2) is 23.1 Å². The number of carbonyl (C=O) groups is 1. The van der Waals surface area contributed by atoms with Crippen LogP contribution in [0.2, 0.25) is 0 Å². The smallest absolute Gasteiger partial charge is 0.241 e. The van der Waals surface area contributed by atoms with Gasteiger partial charge in [-0.05, 0) is 30.7 Å². The second-order valence-electron chi connectivity index (χ2n) is 4.53. The number of ether oxygens (including phenoxy) is 1. The van der Waals surface area contributed by atoms with E-state index in [2.05, 4.69) is 10.3 Å². The van der Waals surface area contributed by atoms with E-state index in [-0.39, 0.29) is 16.6 Å². The van der Waals surface area contributed by atoms with Gasteiger partial charge < -0.3 is 10.1 Å². The molecule has 0 saturated carbocycles. The van der Waals surface area contributed by atoms with Gasteiger partial charge in [-0.25, -0.2) is 18.5 Å². The van der Waals surface area contributed by atoms with Gasteiger partial charge >= 0.3 is 0 Å². The van der Waals surface area contributed by atoms with E-state index < -0.39 is 10.0 Å². The predicted octanol–water partition coefficient (Wildman–Crippen LogP) is 1.73. The predicted molar refractivity (Wildman–Crippen MR) is 84.5 cm³/mol. The Morgan fingerprint density at radius 1 is 1.41 bits per heavy atom. The Morgan fingerprint density at radius 3 is 2.64 bits per heavy atom. The molecule has 0 spiro atoms. The van der Waals surface area contributed by atoms with E-state index in [1.807, 2.05) is 0 Å². The topological polar surface area (TPSA) is 111 Å². The molecule has 0 radical (unpaired) electrons. The number of nitrogens with one attached hydrogen (secondary N) is 1. The van der Waals surface area contributed by atoms with E-state index in [1.165, 1.54) is 37.5 Å². The van der Waals surface area contributed by atoms with Gasteiger partial charge in [-0.1, -0.05) is 11.3 Å². The van der Waals surface area contributed by atoms with Crippen LogP contribution in [0.5, 0.6) is 5.75 Å². The third-order valence-corrected chi connectivity index (χ3v) is 4.87. The molecule has 0 atom stereocenters. The molecular weight excluding hydrogens is 326 g/mol. The number of hydrogen-bond donors (Lipinski definition) is 2. The molecule has 0 aliphatic carbocycles. The molecule has 9 heteroatoms. The van der Waals surface area contributed by atoms with Crippen molar-refractivity contribution >= 4 is 32.4 Å². The molecule has 1 aromatic carbocycles. The SMILES string of the molecule is COc1ccc(-c2sc(NC(C)=O)nc2C)cc1S(N)(=O)=O. The number of primary sulfonamides is 1. The molecule has 2 aromatic rings. The van der Waals surface area contributed by atoms with Crippen molar-refractivity contribution in [1.29, 1.82) is 0 Å². The molecule has 0 saturated heterocycles. The summed E-state index contributed by atoms with van der Waals surface area (Å²) in [5.41, 5.74) is 1.32. The minimum absolute atomic E-state index is 0.0959. The molecule has 0 aliphatic rings. The Labute approximate surface area is 132 Å². The number of aryl methyl sites for hydroxylation is 1. The number of aromatic nitrogens is 1. The fourth-order valence-electron chi connectivity index (χ4n) is 1.91. The summed E-state index contributed by atoms with van der Waals surface area (Å²) >= 11 is 1.25. The van der Waals surface area contributed by atoms with E-state index in [4.69, 9.17) is 9.88 Å². The molecular formula is C13H15N3O4S2. The van der Waals surface area contributed by atoms with Crippen LogP contribution in [0.1, 0.15) is 12.6 Å². The van der Waals surface area contributed by atoms with Gasteiger partial charge in [0, 0.05) is 6.92 Å². The quantitative estimate of drug-likeness (QED) is 0.879. The lowest BCUT2D eigenvalue weighted by molar-refractivity contribution is -0.114. The number of amides is 1. The van der Waals surface area contributed by atoms with Crippen LogP contribution in [0, 0.1) is 6.92 Å². The first kappa shape index (κ1) is 16.4. The lowest BCUT2D eigenvalue weighted by atomic mass is 10.1. The maximum atomic E-state index is 11.7. The van der Waals surface area contributed by atoms with E-state index in [0.29, 0.717) is 16.4 Å². The number of nitrogens with two attached hydrogens (primary N) is 1. The van der Waals surface area contributed by atoms with Crippen LogP contribution in [0.4, 0.5) is 5.13 Å². The lowest BCUT2D eigenvalue weighted by Crippen LogP contribution is -2.13. The Hall–Kier alpha value is -1.97. The minimum atomic E-state index is -3.91. The zero-order chi connectivity index (χ0) is 16.5. The van der Waals surface area contributed by atoms with Crippen molar-refractivity contribution in [2.45, 2.75) is 18.7 Å². The molecule has 118 valence electrons. The van der Waals surface area contributed by atoms with Crippen molar-refractivity contribution in [3.05, 3.63) is 23.9 Å². The number of rotatable bonds is 4. The molecule has 7 nitrogen and oxygen atoms in total. The van der Waals surface area contributed by atoms with Crippen molar-refractivity contribution in [2.75, 3.05) is 12.4 Å². The number of sulfonamides is 1. The lowest BCUT2D eigenvalue weighted by Gasteiger charge is -2.08. The summed E-state index contributed by atoms with van der Waals surface area (Å²) in [5, 5.41) is 8.27. The number of benzene rings is 1. The fraction of sp³-hybridized carbons (Fsp3) is 0.231. The van der Waals surface area contributed by atoms with Crippen LogP contribution in [-0.2, 0) is 14.8 Å². The second kappa shape index (κ2) is 6.03. The fourth-order valence-corrected chi connectivity index (χ4v) is 3.64. The van der Waals surface area contributed by atoms with Gasteiger partial charge in [-0.3, -0.25) is 4.79 Å². The normalized spacial score (nSPS) is 11.3. The molecule has 0 bridgehead atoms. The summed E-state index contributed by atoms with van der Waals surface area (Å²) in [6.45, 7) is 3.17. The molecule has 22 heavy (non-hydrogen) atoms. The van der Waals surface area contributed by atoms with Gasteiger partial charge in [0.05, 0.1) is 17.7 Å². The van der Waals surface area contributed by atoms with E-state index in [1.54, 1.807) is 13.0 Å². The zero-order valence-electron chi connectivity index (χ0n) is 12.2. The summed E-state index contributed by atoms with van der Waals surface area (Å²) in [6.07, 6.45) is 0. The number of methoxy groups -OCH3 is 1. The van der Waals surface area contributed by atoms with E-state index >= 15 is 0 Å². The first-order valence-electron chi connectivity index (χ1n) is 6.18. The van der Waals surface area contributed by atoms with Crippen molar-refractivity contribution in [1.82, 2.24) is 4.98 Å². The third kappa shape index (κ3) is 3.43. The van der Waals surface area contributed by atoms with E-state index in [9.17, 15) is 13.2 Å². The van der Waals surface area contributed by atoms with Crippen molar-refractivity contribution in [3.8, 4) is 16.2 Å². The number of anilines is 1. The van der Waals surface area contributed by atoms with Gasteiger partial charge in [0.2, 0.25) is 15.9 Å².